The van der Waals surface area contributed by atoms with E-state index in [0.29, 0.717) is 12.2 Å². The monoisotopic (exact) mass is 544 g/mol. The Hall–Kier alpha value is -3.67. The van der Waals surface area contributed by atoms with Gasteiger partial charge in [0.1, 0.15) is 17.6 Å². The maximum Gasteiger partial charge on any atom is 0.261 e. The number of hydrogen-bond acceptors (Lipinski definition) is 3. The third kappa shape index (κ3) is 8.41. The Morgan fingerprint density at radius 2 is 1.55 bits per heavy atom. The molecule has 1 fully saturated rings. The van der Waals surface area contributed by atoms with Gasteiger partial charge in [0, 0.05) is 19.0 Å². The summed E-state index contributed by atoms with van der Waals surface area (Å²) >= 11 is 0. The van der Waals surface area contributed by atoms with Gasteiger partial charge < -0.3 is 15.0 Å². The van der Waals surface area contributed by atoms with E-state index in [2.05, 4.69) is 26.1 Å². The maximum atomic E-state index is 13.8. The van der Waals surface area contributed by atoms with Crippen LogP contribution in [0.3, 0.4) is 0 Å². The summed E-state index contributed by atoms with van der Waals surface area (Å²) in [6, 6.07) is 22.9. The van der Waals surface area contributed by atoms with Gasteiger partial charge in [-0.2, -0.15) is 0 Å². The summed E-state index contributed by atoms with van der Waals surface area (Å²) in [5.41, 5.74) is 2.89. The van der Waals surface area contributed by atoms with E-state index in [1.54, 1.807) is 17.0 Å². The predicted molar refractivity (Wildman–Crippen MR) is 157 cm³/mol. The Balaban J connectivity index is 1.58. The van der Waals surface area contributed by atoms with Crippen LogP contribution in [0, 0.1) is 5.82 Å². The van der Waals surface area contributed by atoms with Crippen LogP contribution in [-0.2, 0) is 28.0 Å². The molecule has 40 heavy (non-hydrogen) atoms. The summed E-state index contributed by atoms with van der Waals surface area (Å²) < 4.78 is 19.6. The Kier molecular flexibility index (Phi) is 9.97. The summed E-state index contributed by atoms with van der Waals surface area (Å²) in [6.07, 6.45) is 5.63. The van der Waals surface area contributed by atoms with Crippen LogP contribution in [0.2, 0.25) is 0 Å². The average molecular weight is 545 g/mol. The molecule has 0 bridgehead atoms. The zero-order valence-corrected chi connectivity index (χ0v) is 23.9. The molecular weight excluding hydrogens is 503 g/mol. The molecule has 0 saturated heterocycles. The van der Waals surface area contributed by atoms with Crippen molar-refractivity contribution >= 4 is 11.8 Å². The Morgan fingerprint density at radius 1 is 0.900 bits per heavy atom. The lowest BCUT2D eigenvalue weighted by molar-refractivity contribution is -0.143. The van der Waals surface area contributed by atoms with Crippen molar-refractivity contribution in [3.8, 4) is 5.75 Å². The topological polar surface area (TPSA) is 58.6 Å². The zero-order valence-electron chi connectivity index (χ0n) is 23.9. The number of hydrogen-bond donors (Lipinski definition) is 1. The van der Waals surface area contributed by atoms with E-state index in [9.17, 15) is 14.0 Å². The van der Waals surface area contributed by atoms with E-state index in [1.807, 2.05) is 54.6 Å². The number of carbonyl (C=O) groups is 2. The minimum absolute atomic E-state index is 0.0106. The lowest BCUT2D eigenvalue weighted by atomic mass is 9.87. The summed E-state index contributed by atoms with van der Waals surface area (Å²) in [5, 5.41) is 3.23. The van der Waals surface area contributed by atoms with Crippen molar-refractivity contribution in [2.75, 3.05) is 6.61 Å². The number of amides is 2. The smallest absolute Gasteiger partial charge is 0.261 e. The quantitative estimate of drug-likeness (QED) is 0.313. The van der Waals surface area contributed by atoms with Crippen LogP contribution in [0.15, 0.2) is 78.9 Å². The molecule has 5 nitrogen and oxygen atoms in total. The molecule has 0 heterocycles. The van der Waals surface area contributed by atoms with E-state index in [1.165, 1.54) is 24.1 Å². The Morgan fingerprint density at radius 3 is 2.17 bits per heavy atom. The van der Waals surface area contributed by atoms with Gasteiger partial charge in [0.2, 0.25) is 5.91 Å². The van der Waals surface area contributed by atoms with Crippen LogP contribution in [0.5, 0.6) is 5.75 Å². The molecule has 2 amide bonds. The molecule has 1 unspecified atom stereocenters. The summed E-state index contributed by atoms with van der Waals surface area (Å²) in [5.74, 6) is -0.224. The molecule has 6 heteroatoms. The fourth-order valence-electron chi connectivity index (χ4n) is 5.16. The van der Waals surface area contributed by atoms with Crippen molar-refractivity contribution < 1.29 is 18.7 Å². The van der Waals surface area contributed by atoms with Gasteiger partial charge >= 0.3 is 0 Å². The summed E-state index contributed by atoms with van der Waals surface area (Å²) in [6.45, 7) is 6.39. The first-order valence-corrected chi connectivity index (χ1v) is 14.3. The van der Waals surface area contributed by atoms with Crippen molar-refractivity contribution in [1.82, 2.24) is 10.2 Å². The van der Waals surface area contributed by atoms with Crippen molar-refractivity contribution in [2.45, 2.75) is 83.3 Å². The number of benzene rings is 3. The lowest BCUT2D eigenvalue weighted by Gasteiger charge is -2.33. The molecule has 1 atom stereocenters. The van der Waals surface area contributed by atoms with E-state index in [-0.39, 0.29) is 42.2 Å². The van der Waals surface area contributed by atoms with E-state index in [4.69, 9.17) is 4.74 Å². The molecule has 212 valence electrons. The number of nitrogens with zero attached hydrogens (tertiary/aromatic N) is 1. The molecule has 0 spiro atoms. The van der Waals surface area contributed by atoms with Crippen LogP contribution >= 0.6 is 0 Å². The number of rotatable bonds is 10. The molecule has 0 aliphatic heterocycles. The highest BCUT2D eigenvalue weighted by molar-refractivity contribution is 5.88. The van der Waals surface area contributed by atoms with Crippen LogP contribution < -0.4 is 10.1 Å². The van der Waals surface area contributed by atoms with E-state index in [0.717, 1.165) is 36.8 Å². The standard InChI is InChI=1S/C34H41FN2O3/c1-34(2,3)27-16-20-30(21-17-27)40-24-32(38)37(23-26-14-18-28(35)19-15-26)31(22-25-10-6-4-7-11-25)33(39)36-29-12-8-5-9-13-29/h4,6-7,10-11,14-21,29,31H,5,8-9,12-13,22-24H2,1-3H3,(H,36,39). The predicted octanol–water partition coefficient (Wildman–Crippen LogP) is 6.59. The first kappa shape index (κ1) is 29.3. The van der Waals surface area contributed by atoms with Gasteiger partial charge in [0.15, 0.2) is 6.61 Å². The highest BCUT2D eigenvalue weighted by Crippen LogP contribution is 2.25. The van der Waals surface area contributed by atoms with Gasteiger partial charge in [-0.3, -0.25) is 9.59 Å². The second-order valence-electron chi connectivity index (χ2n) is 11.8. The minimum atomic E-state index is -0.742. The second kappa shape index (κ2) is 13.6. The van der Waals surface area contributed by atoms with Crippen LogP contribution in [0.25, 0.3) is 0 Å². The van der Waals surface area contributed by atoms with E-state index < -0.39 is 6.04 Å². The van der Waals surface area contributed by atoms with Gasteiger partial charge in [0.25, 0.3) is 5.91 Å². The molecule has 1 aliphatic carbocycles. The van der Waals surface area contributed by atoms with Crippen molar-refractivity contribution in [3.63, 3.8) is 0 Å². The molecule has 0 aromatic heterocycles. The molecule has 1 N–H and O–H groups in total. The molecular formula is C34H41FN2O3. The molecule has 1 saturated carbocycles. The third-order valence-electron chi connectivity index (χ3n) is 7.57. The van der Waals surface area contributed by atoms with Crippen molar-refractivity contribution in [3.05, 3.63) is 101 Å². The normalized spacial score (nSPS) is 14.8. The molecule has 0 radical (unpaired) electrons. The average Bonchev–Trinajstić information content (AvgIpc) is 2.95. The Labute approximate surface area is 237 Å². The van der Waals surface area contributed by atoms with Crippen LogP contribution in [0.4, 0.5) is 4.39 Å². The van der Waals surface area contributed by atoms with E-state index >= 15 is 0 Å². The fourth-order valence-corrected chi connectivity index (χ4v) is 5.16. The van der Waals surface area contributed by atoms with Gasteiger partial charge in [-0.25, -0.2) is 4.39 Å². The highest BCUT2D eigenvalue weighted by Gasteiger charge is 2.32. The first-order valence-electron chi connectivity index (χ1n) is 14.3. The van der Waals surface area contributed by atoms with Crippen LogP contribution in [0.1, 0.15) is 69.6 Å². The number of nitrogens with one attached hydrogen (secondary N) is 1. The van der Waals surface area contributed by atoms with Crippen LogP contribution in [-0.4, -0.2) is 35.4 Å². The van der Waals surface area contributed by atoms with Gasteiger partial charge in [-0.1, -0.05) is 94.6 Å². The van der Waals surface area contributed by atoms with Crippen molar-refractivity contribution in [2.24, 2.45) is 0 Å². The minimum Gasteiger partial charge on any atom is -0.484 e. The molecule has 3 aromatic carbocycles. The molecule has 3 aromatic rings. The summed E-state index contributed by atoms with van der Waals surface area (Å²) in [7, 11) is 0. The number of halogens is 1. The molecule has 4 rings (SSSR count). The van der Waals surface area contributed by atoms with Gasteiger partial charge in [0.05, 0.1) is 0 Å². The number of carbonyl (C=O) groups excluding carboxylic acids is 2. The SMILES string of the molecule is CC(C)(C)c1ccc(OCC(=O)N(Cc2ccc(F)cc2)C(Cc2ccccc2)C(=O)NC2CCCCC2)cc1. The first-order chi connectivity index (χ1) is 19.2. The third-order valence-corrected chi connectivity index (χ3v) is 7.57. The van der Waals surface area contributed by atoms with Gasteiger partial charge in [-0.15, -0.1) is 0 Å². The molecule has 1 aliphatic rings. The van der Waals surface area contributed by atoms with Gasteiger partial charge in [-0.05, 0) is 59.2 Å². The Bertz CT molecular complexity index is 1230. The lowest BCUT2D eigenvalue weighted by Crippen LogP contribution is -2.53. The second-order valence-corrected chi connectivity index (χ2v) is 11.8. The largest absolute Gasteiger partial charge is 0.484 e. The highest BCUT2D eigenvalue weighted by atomic mass is 19.1. The maximum absolute atomic E-state index is 13.8. The fraction of sp³-hybridized carbons (Fsp3) is 0.412. The summed E-state index contributed by atoms with van der Waals surface area (Å²) in [4.78, 5) is 29.2. The number of ether oxygens (including phenoxy) is 1. The zero-order chi connectivity index (χ0) is 28.5. The van der Waals surface area contributed by atoms with Crippen molar-refractivity contribution in [1.29, 1.82) is 0 Å².